The van der Waals surface area contributed by atoms with E-state index in [2.05, 4.69) is 20.1 Å². The van der Waals surface area contributed by atoms with Crippen LogP contribution in [0.2, 0.25) is 0 Å². The van der Waals surface area contributed by atoms with Crippen LogP contribution in [0.3, 0.4) is 0 Å². The summed E-state index contributed by atoms with van der Waals surface area (Å²) in [5.41, 5.74) is 1.31. The molecule has 0 aliphatic heterocycles. The van der Waals surface area contributed by atoms with Crippen LogP contribution in [0.4, 0.5) is 5.69 Å². The maximum atomic E-state index is 12.4. The van der Waals surface area contributed by atoms with E-state index in [1.54, 1.807) is 11.0 Å². The first-order valence-corrected chi connectivity index (χ1v) is 9.71. The van der Waals surface area contributed by atoms with Gasteiger partial charge in [0.25, 0.3) is 0 Å². The summed E-state index contributed by atoms with van der Waals surface area (Å²) in [6.07, 6.45) is 1.56. The summed E-state index contributed by atoms with van der Waals surface area (Å²) in [6, 6.07) is 13.6. The molecule has 0 aliphatic carbocycles. The molecular formula is C20H18N4O5S. The van der Waals surface area contributed by atoms with Crippen molar-refractivity contribution < 1.29 is 23.9 Å². The quantitative estimate of drug-likeness (QED) is 0.453. The second-order valence-electron chi connectivity index (χ2n) is 5.89. The monoisotopic (exact) mass is 426 g/mol. The SMILES string of the molecule is COC(=O)c1ccc(C(=O)OC)c(NC(=O)CSc2ncn(-c3ccccc3)n2)c1. The number of aromatic nitrogens is 3. The van der Waals surface area contributed by atoms with Gasteiger partial charge in [0, 0.05) is 0 Å². The standard InChI is InChI=1S/C20H18N4O5S/c1-28-18(26)13-8-9-15(19(27)29-2)16(10-13)22-17(25)11-30-20-21-12-24(23-20)14-6-4-3-5-7-14/h3-10,12H,11H2,1-2H3,(H,22,25). The summed E-state index contributed by atoms with van der Waals surface area (Å²) in [7, 11) is 2.47. The molecule has 1 heterocycles. The van der Waals surface area contributed by atoms with E-state index in [0.29, 0.717) is 5.16 Å². The highest BCUT2D eigenvalue weighted by atomic mass is 32.2. The van der Waals surface area contributed by atoms with Crippen LogP contribution < -0.4 is 5.32 Å². The smallest absolute Gasteiger partial charge is 0.339 e. The molecule has 30 heavy (non-hydrogen) atoms. The molecule has 2 aromatic carbocycles. The summed E-state index contributed by atoms with van der Waals surface area (Å²) >= 11 is 1.14. The Labute approximate surface area is 176 Å². The molecule has 0 saturated heterocycles. The number of nitrogens with one attached hydrogen (secondary N) is 1. The molecule has 10 heteroatoms. The van der Waals surface area contributed by atoms with E-state index in [0.717, 1.165) is 17.4 Å². The number of benzene rings is 2. The van der Waals surface area contributed by atoms with E-state index in [9.17, 15) is 14.4 Å². The van der Waals surface area contributed by atoms with Crippen molar-refractivity contribution in [2.24, 2.45) is 0 Å². The molecule has 1 N–H and O–H groups in total. The first kappa shape index (κ1) is 21.1. The third-order valence-electron chi connectivity index (χ3n) is 3.94. The van der Waals surface area contributed by atoms with Crippen LogP contribution in [0.25, 0.3) is 5.69 Å². The maximum Gasteiger partial charge on any atom is 0.339 e. The molecule has 0 atom stereocenters. The number of thioether (sulfide) groups is 1. The van der Waals surface area contributed by atoms with Crippen LogP contribution in [-0.2, 0) is 14.3 Å². The van der Waals surface area contributed by atoms with Crippen molar-refractivity contribution in [1.29, 1.82) is 0 Å². The summed E-state index contributed by atoms with van der Waals surface area (Å²) in [5, 5.41) is 7.37. The number of hydrogen-bond acceptors (Lipinski definition) is 8. The van der Waals surface area contributed by atoms with Gasteiger partial charge < -0.3 is 14.8 Å². The lowest BCUT2D eigenvalue weighted by molar-refractivity contribution is -0.113. The summed E-state index contributed by atoms with van der Waals surface area (Å²) in [6.45, 7) is 0. The number of ether oxygens (including phenoxy) is 2. The number of carbonyl (C=O) groups excluding carboxylic acids is 3. The number of amides is 1. The highest BCUT2D eigenvalue weighted by molar-refractivity contribution is 7.99. The zero-order valence-corrected chi connectivity index (χ0v) is 17.0. The van der Waals surface area contributed by atoms with Gasteiger partial charge in [-0.25, -0.2) is 19.3 Å². The summed E-state index contributed by atoms with van der Waals surface area (Å²) in [4.78, 5) is 40.3. The van der Waals surface area contributed by atoms with Gasteiger partial charge in [-0.15, -0.1) is 5.10 Å². The van der Waals surface area contributed by atoms with E-state index in [4.69, 9.17) is 4.74 Å². The predicted octanol–water partition coefficient (Wildman–Crippen LogP) is 2.57. The lowest BCUT2D eigenvalue weighted by Gasteiger charge is -2.11. The van der Waals surface area contributed by atoms with Crippen molar-refractivity contribution in [3.63, 3.8) is 0 Å². The third kappa shape index (κ3) is 5.03. The summed E-state index contributed by atoms with van der Waals surface area (Å²) in [5.74, 6) is -1.63. The fourth-order valence-electron chi connectivity index (χ4n) is 2.52. The minimum atomic E-state index is -0.641. The van der Waals surface area contributed by atoms with Gasteiger partial charge in [-0.05, 0) is 30.3 Å². The average molecular weight is 426 g/mol. The second kappa shape index (κ2) is 9.70. The lowest BCUT2D eigenvalue weighted by atomic mass is 10.1. The van der Waals surface area contributed by atoms with Gasteiger partial charge in [-0.3, -0.25) is 4.79 Å². The van der Waals surface area contributed by atoms with Gasteiger partial charge >= 0.3 is 11.9 Å². The van der Waals surface area contributed by atoms with Crippen LogP contribution in [-0.4, -0.2) is 52.6 Å². The van der Waals surface area contributed by atoms with E-state index in [1.807, 2.05) is 30.3 Å². The van der Waals surface area contributed by atoms with E-state index < -0.39 is 17.8 Å². The van der Waals surface area contributed by atoms with Crippen LogP contribution in [0.15, 0.2) is 60.0 Å². The zero-order valence-electron chi connectivity index (χ0n) is 16.2. The van der Waals surface area contributed by atoms with E-state index in [1.165, 1.54) is 32.4 Å². The first-order chi connectivity index (χ1) is 14.5. The molecule has 3 aromatic rings. The number of esters is 2. The number of carbonyl (C=O) groups is 3. The van der Waals surface area contributed by atoms with Gasteiger partial charge in [-0.2, -0.15) is 0 Å². The Bertz CT molecular complexity index is 1070. The molecule has 9 nitrogen and oxygen atoms in total. The van der Waals surface area contributed by atoms with Crippen LogP contribution in [0.1, 0.15) is 20.7 Å². The number of hydrogen-bond donors (Lipinski definition) is 1. The molecule has 0 spiro atoms. The molecule has 3 rings (SSSR count). The largest absolute Gasteiger partial charge is 0.465 e. The molecule has 1 amide bonds. The zero-order chi connectivity index (χ0) is 21.5. The number of nitrogens with zero attached hydrogens (tertiary/aromatic N) is 3. The number of para-hydroxylation sites is 1. The number of anilines is 1. The van der Waals surface area contributed by atoms with Crippen molar-refractivity contribution >= 4 is 35.3 Å². The molecule has 0 fully saturated rings. The molecular weight excluding hydrogens is 408 g/mol. The Morgan fingerprint density at radius 3 is 2.47 bits per heavy atom. The Balaban J connectivity index is 1.69. The van der Waals surface area contributed by atoms with Crippen molar-refractivity contribution in [2.75, 3.05) is 25.3 Å². The van der Waals surface area contributed by atoms with Crippen molar-refractivity contribution in [3.8, 4) is 5.69 Å². The fraction of sp³-hybridized carbons (Fsp3) is 0.150. The molecule has 0 unspecified atom stereocenters. The van der Waals surface area contributed by atoms with Crippen LogP contribution in [0.5, 0.6) is 0 Å². The van der Waals surface area contributed by atoms with Gasteiger partial charge in [0.1, 0.15) is 6.33 Å². The normalized spacial score (nSPS) is 10.3. The van der Waals surface area contributed by atoms with Crippen molar-refractivity contribution in [1.82, 2.24) is 14.8 Å². The Kier molecular flexibility index (Phi) is 6.81. The molecule has 154 valence electrons. The van der Waals surface area contributed by atoms with Gasteiger partial charge in [-0.1, -0.05) is 30.0 Å². The lowest BCUT2D eigenvalue weighted by Crippen LogP contribution is -2.18. The number of rotatable bonds is 7. The highest BCUT2D eigenvalue weighted by Gasteiger charge is 2.18. The van der Waals surface area contributed by atoms with E-state index >= 15 is 0 Å². The Hall–Kier alpha value is -3.66. The molecule has 0 aliphatic rings. The fourth-order valence-corrected chi connectivity index (χ4v) is 3.12. The first-order valence-electron chi connectivity index (χ1n) is 8.72. The number of methoxy groups -OCH3 is 2. The molecule has 0 radical (unpaired) electrons. The molecule has 0 saturated carbocycles. The van der Waals surface area contributed by atoms with Crippen molar-refractivity contribution in [2.45, 2.75) is 5.16 Å². The predicted molar refractivity (Wildman–Crippen MR) is 110 cm³/mol. The Morgan fingerprint density at radius 1 is 1.03 bits per heavy atom. The van der Waals surface area contributed by atoms with Crippen LogP contribution in [0, 0.1) is 0 Å². The average Bonchev–Trinajstić information content (AvgIpc) is 3.26. The van der Waals surface area contributed by atoms with Gasteiger partial charge in [0.15, 0.2) is 0 Å². The van der Waals surface area contributed by atoms with Gasteiger partial charge in [0.2, 0.25) is 11.1 Å². The van der Waals surface area contributed by atoms with Crippen molar-refractivity contribution in [3.05, 3.63) is 66.0 Å². The second-order valence-corrected chi connectivity index (χ2v) is 6.83. The van der Waals surface area contributed by atoms with E-state index in [-0.39, 0.29) is 22.6 Å². The summed E-state index contributed by atoms with van der Waals surface area (Å²) < 4.78 is 11.0. The minimum Gasteiger partial charge on any atom is -0.465 e. The van der Waals surface area contributed by atoms with Gasteiger partial charge in [0.05, 0.1) is 42.5 Å². The molecule has 1 aromatic heterocycles. The minimum absolute atomic E-state index is 0.00185. The third-order valence-corrected chi connectivity index (χ3v) is 4.80. The highest BCUT2D eigenvalue weighted by Crippen LogP contribution is 2.21. The molecule has 0 bridgehead atoms. The Morgan fingerprint density at radius 2 is 1.77 bits per heavy atom. The topological polar surface area (TPSA) is 112 Å². The maximum absolute atomic E-state index is 12.4. The van der Waals surface area contributed by atoms with Crippen LogP contribution >= 0.6 is 11.8 Å².